The second-order valence-corrected chi connectivity index (χ2v) is 9.28. The lowest BCUT2D eigenvalue weighted by Gasteiger charge is -2.36. The summed E-state index contributed by atoms with van der Waals surface area (Å²) in [4.78, 5) is 30.1. The summed E-state index contributed by atoms with van der Waals surface area (Å²) in [5, 5.41) is 3.50. The Labute approximate surface area is 195 Å². The highest BCUT2D eigenvalue weighted by Crippen LogP contribution is 2.39. The lowest BCUT2D eigenvalue weighted by Crippen LogP contribution is -2.46. The molecule has 1 unspecified atom stereocenters. The fourth-order valence-electron chi connectivity index (χ4n) is 4.27. The Hall–Kier alpha value is -3.49. The second kappa shape index (κ2) is 8.70. The number of para-hydroxylation sites is 1. The number of rotatable bonds is 3. The summed E-state index contributed by atoms with van der Waals surface area (Å²) < 4.78 is 44.5. The van der Waals surface area contributed by atoms with Crippen molar-refractivity contribution in [1.82, 2.24) is 15.2 Å². The van der Waals surface area contributed by atoms with E-state index in [1.807, 2.05) is 24.3 Å². The Bertz CT molecular complexity index is 1210. The van der Waals surface area contributed by atoms with E-state index in [0.717, 1.165) is 34.3 Å². The van der Waals surface area contributed by atoms with Crippen LogP contribution in [-0.2, 0) is 22.1 Å². The topological polar surface area (TPSA) is 74.4 Å². The quantitative estimate of drug-likeness (QED) is 0.550. The maximum absolute atomic E-state index is 13.2. The molecule has 0 fully saturated rings. The molecule has 9 heteroatoms. The van der Waals surface area contributed by atoms with Gasteiger partial charge in [-0.2, -0.15) is 13.2 Å². The molecule has 0 bridgehead atoms. The fourth-order valence-corrected chi connectivity index (χ4v) is 4.27. The highest BCUT2D eigenvalue weighted by Gasteiger charge is 2.36. The van der Waals surface area contributed by atoms with Crippen LogP contribution in [-0.4, -0.2) is 40.6 Å². The number of alkyl carbamates (subject to hydrolysis) is 1. The lowest BCUT2D eigenvalue weighted by molar-refractivity contribution is -0.137. The molecule has 2 aromatic carbocycles. The van der Waals surface area contributed by atoms with Crippen LogP contribution < -0.4 is 5.32 Å². The maximum Gasteiger partial charge on any atom is 0.416 e. The number of halogens is 3. The Balaban J connectivity index is 1.67. The molecule has 0 saturated carbocycles. The molecule has 34 heavy (non-hydrogen) atoms. The average Bonchev–Trinajstić information content (AvgIpc) is 3.14. The molecule has 2 N–H and O–H groups in total. The van der Waals surface area contributed by atoms with Gasteiger partial charge in [-0.25, -0.2) is 4.79 Å². The van der Waals surface area contributed by atoms with Gasteiger partial charge in [-0.05, 0) is 56.5 Å². The zero-order valence-electron chi connectivity index (χ0n) is 19.1. The second-order valence-electron chi connectivity index (χ2n) is 9.28. The standard InChI is InChI=1S/C25H26F3N3O3/c1-24(2,3)34-23(33)29-14-20(32)31-13-12-18-17-6-4-5-7-19(17)30-21(18)22(31)15-8-10-16(11-9-15)25(26,27)28/h4-11,22,30H,12-14H2,1-3H3,(H,29,33). The highest BCUT2D eigenvalue weighted by atomic mass is 19.4. The SMILES string of the molecule is CC(C)(C)OC(=O)NCC(=O)N1CCc2c([nH]c3ccccc23)C1c1ccc(C(F)(F)F)cc1. The van der Waals surface area contributed by atoms with Crippen molar-refractivity contribution >= 4 is 22.9 Å². The van der Waals surface area contributed by atoms with Gasteiger partial charge in [-0.1, -0.05) is 30.3 Å². The number of aromatic nitrogens is 1. The first-order valence-electron chi connectivity index (χ1n) is 11.0. The van der Waals surface area contributed by atoms with E-state index >= 15 is 0 Å². The van der Waals surface area contributed by atoms with Crippen molar-refractivity contribution in [3.63, 3.8) is 0 Å². The van der Waals surface area contributed by atoms with E-state index in [9.17, 15) is 22.8 Å². The monoisotopic (exact) mass is 473 g/mol. The van der Waals surface area contributed by atoms with Gasteiger partial charge >= 0.3 is 12.3 Å². The molecule has 1 atom stereocenters. The van der Waals surface area contributed by atoms with Gasteiger partial charge in [0.2, 0.25) is 5.91 Å². The average molecular weight is 473 g/mol. The lowest BCUT2D eigenvalue weighted by atomic mass is 9.91. The molecule has 2 amide bonds. The molecule has 2 heterocycles. The number of benzene rings is 2. The Morgan fingerprint density at radius 1 is 1.09 bits per heavy atom. The number of aromatic amines is 1. The Morgan fingerprint density at radius 3 is 2.41 bits per heavy atom. The summed E-state index contributed by atoms with van der Waals surface area (Å²) in [5.41, 5.74) is 1.77. The van der Waals surface area contributed by atoms with Crippen LogP contribution in [0.3, 0.4) is 0 Å². The largest absolute Gasteiger partial charge is 0.444 e. The first-order valence-corrected chi connectivity index (χ1v) is 11.0. The van der Waals surface area contributed by atoms with E-state index in [-0.39, 0.29) is 12.5 Å². The van der Waals surface area contributed by atoms with E-state index in [0.29, 0.717) is 18.5 Å². The summed E-state index contributed by atoms with van der Waals surface area (Å²) in [6, 6.07) is 11.9. The van der Waals surface area contributed by atoms with E-state index in [1.165, 1.54) is 12.1 Å². The molecule has 0 spiro atoms. The van der Waals surface area contributed by atoms with Crippen LogP contribution in [0.5, 0.6) is 0 Å². The Morgan fingerprint density at radius 2 is 1.76 bits per heavy atom. The van der Waals surface area contributed by atoms with Crippen LogP contribution in [0.25, 0.3) is 10.9 Å². The number of hydrogen-bond donors (Lipinski definition) is 2. The highest BCUT2D eigenvalue weighted by molar-refractivity contribution is 5.87. The number of nitrogens with one attached hydrogen (secondary N) is 2. The minimum absolute atomic E-state index is 0.290. The third-order valence-corrected chi connectivity index (χ3v) is 5.69. The van der Waals surface area contributed by atoms with Crippen molar-refractivity contribution in [2.75, 3.05) is 13.1 Å². The number of carbonyl (C=O) groups excluding carboxylic acids is 2. The summed E-state index contributed by atoms with van der Waals surface area (Å²) in [6.45, 7) is 5.22. The van der Waals surface area contributed by atoms with Crippen molar-refractivity contribution in [3.05, 3.63) is 70.9 Å². The minimum atomic E-state index is -4.45. The van der Waals surface area contributed by atoms with Crippen LogP contribution in [0.15, 0.2) is 48.5 Å². The van der Waals surface area contributed by atoms with Gasteiger partial charge in [-0.15, -0.1) is 0 Å². The van der Waals surface area contributed by atoms with Crippen LogP contribution in [0.1, 0.15) is 49.2 Å². The number of hydrogen-bond acceptors (Lipinski definition) is 3. The fraction of sp³-hybridized carbons (Fsp3) is 0.360. The predicted molar refractivity (Wildman–Crippen MR) is 121 cm³/mol. The van der Waals surface area contributed by atoms with Gasteiger partial charge in [0.25, 0.3) is 0 Å². The third-order valence-electron chi connectivity index (χ3n) is 5.69. The third kappa shape index (κ3) is 4.88. The number of alkyl halides is 3. The van der Waals surface area contributed by atoms with Crippen molar-refractivity contribution in [2.45, 2.75) is 45.0 Å². The van der Waals surface area contributed by atoms with Crippen LogP contribution >= 0.6 is 0 Å². The maximum atomic E-state index is 13.2. The van der Waals surface area contributed by atoms with Gasteiger partial charge in [0.05, 0.1) is 11.6 Å². The molecular weight excluding hydrogens is 447 g/mol. The smallest absolute Gasteiger partial charge is 0.416 e. The zero-order valence-corrected chi connectivity index (χ0v) is 19.1. The normalized spacial score (nSPS) is 16.3. The summed E-state index contributed by atoms with van der Waals surface area (Å²) in [6.07, 6.45) is -4.59. The van der Waals surface area contributed by atoms with Gasteiger partial charge < -0.3 is 19.9 Å². The van der Waals surface area contributed by atoms with Gasteiger partial charge in [0, 0.05) is 23.1 Å². The van der Waals surface area contributed by atoms with Gasteiger partial charge in [-0.3, -0.25) is 4.79 Å². The van der Waals surface area contributed by atoms with Gasteiger partial charge in [0.15, 0.2) is 0 Å². The molecule has 180 valence electrons. The summed E-state index contributed by atoms with van der Waals surface area (Å²) >= 11 is 0. The number of ether oxygens (including phenoxy) is 1. The first kappa shape index (κ1) is 23.7. The predicted octanol–water partition coefficient (Wildman–Crippen LogP) is 5.19. The number of H-pyrrole nitrogens is 1. The van der Waals surface area contributed by atoms with Crippen LogP contribution in [0.4, 0.5) is 18.0 Å². The van der Waals surface area contributed by atoms with Crippen molar-refractivity contribution < 1.29 is 27.5 Å². The van der Waals surface area contributed by atoms with Gasteiger partial charge in [0.1, 0.15) is 12.1 Å². The van der Waals surface area contributed by atoms with Crippen LogP contribution in [0.2, 0.25) is 0 Å². The molecule has 0 saturated heterocycles. The molecule has 6 nitrogen and oxygen atoms in total. The summed E-state index contributed by atoms with van der Waals surface area (Å²) in [7, 11) is 0. The van der Waals surface area contributed by atoms with E-state index in [4.69, 9.17) is 4.74 Å². The number of nitrogens with zero attached hydrogens (tertiary/aromatic N) is 1. The molecule has 1 aliphatic rings. The van der Waals surface area contributed by atoms with Crippen molar-refractivity contribution in [3.8, 4) is 0 Å². The molecule has 3 aromatic rings. The zero-order chi connectivity index (χ0) is 24.7. The first-order chi connectivity index (χ1) is 15.9. The minimum Gasteiger partial charge on any atom is -0.444 e. The van der Waals surface area contributed by atoms with E-state index in [2.05, 4.69) is 10.3 Å². The number of amides is 2. The van der Waals surface area contributed by atoms with E-state index in [1.54, 1.807) is 25.7 Å². The summed E-state index contributed by atoms with van der Waals surface area (Å²) in [5.74, 6) is -0.361. The molecule has 1 aliphatic heterocycles. The Kier molecular flexibility index (Phi) is 6.05. The van der Waals surface area contributed by atoms with E-state index < -0.39 is 29.5 Å². The number of carbonyl (C=O) groups is 2. The molecule has 1 aromatic heterocycles. The number of fused-ring (bicyclic) bond motifs is 3. The molecular formula is C25H26F3N3O3. The van der Waals surface area contributed by atoms with Crippen molar-refractivity contribution in [1.29, 1.82) is 0 Å². The molecule has 0 aliphatic carbocycles. The molecule has 4 rings (SSSR count). The molecule has 0 radical (unpaired) electrons. The van der Waals surface area contributed by atoms with Crippen LogP contribution in [0, 0.1) is 0 Å². The van der Waals surface area contributed by atoms with Crippen molar-refractivity contribution in [2.24, 2.45) is 0 Å².